The number of hydrogen-bond donors (Lipinski definition) is 1. The molecule has 1 N–H and O–H groups in total. The molecule has 1 amide bonds. The smallest absolute Gasteiger partial charge is 0.410 e. The molecule has 5 nitrogen and oxygen atoms in total. The predicted molar refractivity (Wildman–Crippen MR) is 77.8 cm³/mol. The minimum absolute atomic E-state index is 0.0248. The molecule has 0 aromatic heterocycles. The van der Waals surface area contributed by atoms with Crippen molar-refractivity contribution < 1.29 is 19.4 Å². The molecule has 5 heteroatoms. The fourth-order valence-electron chi connectivity index (χ4n) is 2.96. The van der Waals surface area contributed by atoms with Crippen LogP contribution in [0.3, 0.4) is 0 Å². The van der Waals surface area contributed by atoms with E-state index in [-0.39, 0.29) is 31.1 Å². The van der Waals surface area contributed by atoms with Gasteiger partial charge in [-0.15, -0.1) is 0 Å². The van der Waals surface area contributed by atoms with Crippen molar-refractivity contribution in [3.63, 3.8) is 0 Å². The molecule has 0 radical (unpaired) electrons. The van der Waals surface area contributed by atoms with E-state index >= 15 is 0 Å². The van der Waals surface area contributed by atoms with Crippen molar-refractivity contribution in [2.75, 3.05) is 6.54 Å². The lowest BCUT2D eigenvalue weighted by molar-refractivity contribution is -0.138. The third-order valence-electron chi connectivity index (χ3n) is 3.98. The SMILES string of the molecule is CCC1C(CC(=O)O)CCN1C(=O)OCc1ccccc1. The van der Waals surface area contributed by atoms with Gasteiger partial charge >= 0.3 is 12.1 Å². The summed E-state index contributed by atoms with van der Waals surface area (Å²) in [6.07, 6.45) is 1.24. The summed E-state index contributed by atoms with van der Waals surface area (Å²) in [7, 11) is 0. The molecular weight excluding hydrogens is 270 g/mol. The van der Waals surface area contributed by atoms with E-state index < -0.39 is 5.97 Å². The summed E-state index contributed by atoms with van der Waals surface area (Å²) in [5.41, 5.74) is 0.945. The quantitative estimate of drug-likeness (QED) is 0.905. The van der Waals surface area contributed by atoms with Crippen LogP contribution in [0.4, 0.5) is 4.79 Å². The number of nitrogens with zero attached hydrogens (tertiary/aromatic N) is 1. The molecule has 1 aliphatic heterocycles. The van der Waals surface area contributed by atoms with Crippen molar-refractivity contribution in [2.45, 2.75) is 38.8 Å². The van der Waals surface area contributed by atoms with Gasteiger partial charge in [-0.3, -0.25) is 4.79 Å². The number of carbonyl (C=O) groups is 2. The lowest BCUT2D eigenvalue weighted by Gasteiger charge is -2.26. The van der Waals surface area contributed by atoms with E-state index in [2.05, 4.69) is 0 Å². The summed E-state index contributed by atoms with van der Waals surface area (Å²) in [4.78, 5) is 24.7. The second-order valence-electron chi connectivity index (χ2n) is 5.36. The predicted octanol–water partition coefficient (Wildman–Crippen LogP) is 2.90. The van der Waals surface area contributed by atoms with E-state index in [1.807, 2.05) is 37.3 Å². The number of carboxylic acids is 1. The maximum absolute atomic E-state index is 12.2. The van der Waals surface area contributed by atoms with Gasteiger partial charge in [0.1, 0.15) is 6.61 Å². The van der Waals surface area contributed by atoms with Gasteiger partial charge in [-0.25, -0.2) is 4.79 Å². The van der Waals surface area contributed by atoms with Gasteiger partial charge in [-0.1, -0.05) is 37.3 Å². The Morgan fingerprint density at radius 1 is 1.33 bits per heavy atom. The normalized spacial score (nSPS) is 21.3. The van der Waals surface area contributed by atoms with Gasteiger partial charge in [0.15, 0.2) is 0 Å². The first-order chi connectivity index (χ1) is 10.1. The average molecular weight is 291 g/mol. The van der Waals surface area contributed by atoms with E-state index in [1.165, 1.54) is 0 Å². The van der Waals surface area contributed by atoms with Gasteiger partial charge < -0.3 is 14.7 Å². The number of carboxylic acid groups (broad SMARTS) is 1. The Hall–Kier alpha value is -2.04. The van der Waals surface area contributed by atoms with Crippen molar-refractivity contribution in [2.24, 2.45) is 5.92 Å². The topological polar surface area (TPSA) is 66.8 Å². The molecule has 2 unspecified atom stereocenters. The molecule has 1 aromatic carbocycles. The minimum Gasteiger partial charge on any atom is -0.481 e. The Morgan fingerprint density at radius 3 is 2.67 bits per heavy atom. The van der Waals surface area contributed by atoms with Crippen molar-refractivity contribution in [3.8, 4) is 0 Å². The van der Waals surface area contributed by atoms with Crippen LogP contribution in [0.5, 0.6) is 0 Å². The van der Waals surface area contributed by atoms with Crippen LogP contribution >= 0.6 is 0 Å². The second-order valence-corrected chi connectivity index (χ2v) is 5.36. The Kier molecular flexibility index (Phi) is 5.20. The largest absolute Gasteiger partial charge is 0.481 e. The van der Waals surface area contributed by atoms with Gasteiger partial charge in [0.05, 0.1) is 6.42 Å². The molecule has 114 valence electrons. The van der Waals surface area contributed by atoms with Crippen LogP contribution in [-0.4, -0.2) is 34.7 Å². The van der Waals surface area contributed by atoms with Gasteiger partial charge in [0.25, 0.3) is 0 Å². The van der Waals surface area contributed by atoms with Crippen molar-refractivity contribution in [1.82, 2.24) is 4.90 Å². The number of ether oxygens (including phenoxy) is 1. The summed E-state index contributed by atoms with van der Waals surface area (Å²) in [6.45, 7) is 2.79. The van der Waals surface area contributed by atoms with Gasteiger partial charge in [-0.05, 0) is 24.3 Å². The monoisotopic (exact) mass is 291 g/mol. The Balaban J connectivity index is 1.91. The number of benzene rings is 1. The first-order valence-electron chi connectivity index (χ1n) is 7.31. The van der Waals surface area contributed by atoms with Crippen LogP contribution in [0, 0.1) is 5.92 Å². The Morgan fingerprint density at radius 2 is 2.05 bits per heavy atom. The third kappa shape index (κ3) is 3.97. The molecule has 0 saturated carbocycles. The van der Waals surface area contributed by atoms with Crippen LogP contribution in [0.25, 0.3) is 0 Å². The number of hydrogen-bond acceptors (Lipinski definition) is 3. The highest BCUT2D eigenvalue weighted by atomic mass is 16.6. The number of aliphatic carboxylic acids is 1. The van der Waals surface area contributed by atoms with E-state index in [1.54, 1.807) is 4.90 Å². The molecule has 21 heavy (non-hydrogen) atoms. The molecule has 1 heterocycles. The third-order valence-corrected chi connectivity index (χ3v) is 3.98. The lowest BCUT2D eigenvalue weighted by Crippen LogP contribution is -2.38. The molecule has 0 bridgehead atoms. The highest BCUT2D eigenvalue weighted by Gasteiger charge is 2.37. The highest BCUT2D eigenvalue weighted by molar-refractivity contribution is 5.70. The Bertz CT molecular complexity index is 488. The highest BCUT2D eigenvalue weighted by Crippen LogP contribution is 2.30. The summed E-state index contributed by atoms with van der Waals surface area (Å²) < 4.78 is 5.34. The Labute approximate surface area is 124 Å². The van der Waals surface area contributed by atoms with Gasteiger partial charge in [-0.2, -0.15) is 0 Å². The zero-order chi connectivity index (χ0) is 15.2. The van der Waals surface area contributed by atoms with Crippen molar-refractivity contribution >= 4 is 12.1 Å². The molecule has 1 aromatic rings. The zero-order valence-corrected chi connectivity index (χ0v) is 12.2. The van der Waals surface area contributed by atoms with Crippen LogP contribution in [-0.2, 0) is 16.1 Å². The summed E-state index contributed by atoms with van der Waals surface area (Å²) in [5, 5.41) is 8.93. The molecule has 1 aliphatic rings. The van der Waals surface area contributed by atoms with E-state index in [9.17, 15) is 9.59 Å². The maximum atomic E-state index is 12.2. The molecule has 1 fully saturated rings. The van der Waals surface area contributed by atoms with E-state index in [4.69, 9.17) is 9.84 Å². The first kappa shape index (κ1) is 15.4. The number of carbonyl (C=O) groups excluding carboxylic acids is 1. The second kappa shape index (κ2) is 7.11. The number of likely N-dealkylation sites (tertiary alicyclic amines) is 1. The summed E-state index contributed by atoms with van der Waals surface area (Å²) in [5.74, 6) is -0.783. The minimum atomic E-state index is -0.807. The number of amides is 1. The van der Waals surface area contributed by atoms with Gasteiger partial charge in [0, 0.05) is 12.6 Å². The number of rotatable bonds is 5. The van der Waals surface area contributed by atoms with Crippen molar-refractivity contribution in [1.29, 1.82) is 0 Å². The van der Waals surface area contributed by atoms with E-state index in [0.29, 0.717) is 6.54 Å². The molecular formula is C16H21NO4. The molecule has 0 spiro atoms. The molecule has 0 aliphatic carbocycles. The molecule has 1 saturated heterocycles. The fraction of sp³-hybridized carbons (Fsp3) is 0.500. The summed E-state index contributed by atoms with van der Waals surface area (Å²) in [6, 6.07) is 9.48. The zero-order valence-electron chi connectivity index (χ0n) is 12.2. The maximum Gasteiger partial charge on any atom is 0.410 e. The van der Waals surface area contributed by atoms with Crippen LogP contribution in [0.1, 0.15) is 31.7 Å². The van der Waals surface area contributed by atoms with Gasteiger partial charge in [0.2, 0.25) is 0 Å². The summed E-state index contributed by atoms with van der Waals surface area (Å²) >= 11 is 0. The molecule has 2 rings (SSSR count). The average Bonchev–Trinajstić information content (AvgIpc) is 2.87. The van der Waals surface area contributed by atoms with Crippen LogP contribution in [0.2, 0.25) is 0 Å². The van der Waals surface area contributed by atoms with Crippen molar-refractivity contribution in [3.05, 3.63) is 35.9 Å². The fourth-order valence-corrected chi connectivity index (χ4v) is 2.96. The lowest BCUT2D eigenvalue weighted by atomic mass is 9.95. The first-order valence-corrected chi connectivity index (χ1v) is 7.31. The molecule has 2 atom stereocenters. The van der Waals surface area contributed by atoms with E-state index in [0.717, 1.165) is 18.4 Å². The van der Waals surface area contributed by atoms with Crippen LogP contribution in [0.15, 0.2) is 30.3 Å². The standard InChI is InChI=1S/C16H21NO4/c1-2-14-13(10-15(18)19)8-9-17(14)16(20)21-11-12-6-4-3-5-7-12/h3-7,13-14H,2,8-11H2,1H3,(H,18,19). The van der Waals surface area contributed by atoms with Crippen LogP contribution < -0.4 is 0 Å².